The highest BCUT2D eigenvalue weighted by Gasteiger charge is 2.14. The summed E-state index contributed by atoms with van der Waals surface area (Å²) in [6, 6.07) is 13.1. The minimum absolute atomic E-state index is 0.0905. The first-order valence-corrected chi connectivity index (χ1v) is 10.5. The molecule has 0 atom stereocenters. The Kier molecular flexibility index (Phi) is 8.05. The molecule has 0 aliphatic heterocycles. The van der Waals surface area contributed by atoms with E-state index in [1.165, 1.54) is 24.6 Å². The van der Waals surface area contributed by atoms with E-state index in [9.17, 15) is 20.7 Å². The van der Waals surface area contributed by atoms with Crippen LogP contribution in [0.25, 0.3) is 0 Å². The smallest absolute Gasteiger partial charge is 0.176 e. The third-order valence-corrected chi connectivity index (χ3v) is 3.95. The highest BCUT2D eigenvalue weighted by Crippen LogP contribution is 2.27. The fraction of sp³-hybridized carbons (Fsp3) is 0.308. The van der Waals surface area contributed by atoms with E-state index in [1.807, 2.05) is 53.7 Å². The highest BCUT2D eigenvalue weighted by molar-refractivity contribution is 5.86. The Morgan fingerprint density at radius 3 is 1.35 bits per heavy atom. The summed E-state index contributed by atoms with van der Waals surface area (Å²) < 4.78 is 11.4. The van der Waals surface area contributed by atoms with E-state index in [0.717, 1.165) is 0 Å². The largest absolute Gasteiger partial charge is 0.507 e. The van der Waals surface area contributed by atoms with Gasteiger partial charge >= 0.3 is 0 Å². The number of ether oxygens (including phenoxy) is 2. The first kappa shape index (κ1) is 26.0. The van der Waals surface area contributed by atoms with Gasteiger partial charge in [0.1, 0.15) is 46.3 Å². The van der Waals surface area contributed by atoms with Crippen molar-refractivity contribution in [2.24, 2.45) is 9.98 Å². The standard InChI is InChI=1S/C26H28N4O4/c1-25(2,3)33-19-9-7-17(23(31)11-19)15-29-21(13-27)22(14-28)30-16-18-8-10-20(12-24(18)32)34-26(4,5)6/h7-12,15-16,31-32H,1-6H3/b22-21-,29-15?,30-16?. The summed E-state index contributed by atoms with van der Waals surface area (Å²) in [7, 11) is 0. The second-order valence-electron chi connectivity index (χ2n) is 9.31. The van der Waals surface area contributed by atoms with Crippen LogP contribution in [0, 0.1) is 22.7 Å². The molecular weight excluding hydrogens is 432 g/mol. The summed E-state index contributed by atoms with van der Waals surface area (Å²) >= 11 is 0. The van der Waals surface area contributed by atoms with Crippen molar-refractivity contribution in [3.63, 3.8) is 0 Å². The van der Waals surface area contributed by atoms with Crippen LogP contribution in [0.3, 0.4) is 0 Å². The van der Waals surface area contributed by atoms with Crippen LogP contribution in [0.1, 0.15) is 52.7 Å². The molecule has 0 spiro atoms. The quantitative estimate of drug-likeness (QED) is 0.447. The lowest BCUT2D eigenvalue weighted by atomic mass is 10.1. The van der Waals surface area contributed by atoms with Crippen molar-refractivity contribution in [2.75, 3.05) is 0 Å². The second kappa shape index (κ2) is 10.5. The van der Waals surface area contributed by atoms with Crippen LogP contribution in [0.5, 0.6) is 23.0 Å². The van der Waals surface area contributed by atoms with Gasteiger partial charge in [-0.1, -0.05) is 0 Å². The predicted molar refractivity (Wildman–Crippen MR) is 130 cm³/mol. The van der Waals surface area contributed by atoms with Gasteiger partial charge in [-0.3, -0.25) is 0 Å². The lowest BCUT2D eigenvalue weighted by molar-refractivity contribution is 0.130. The Morgan fingerprint density at radius 2 is 1.09 bits per heavy atom. The van der Waals surface area contributed by atoms with Gasteiger partial charge in [0.25, 0.3) is 0 Å². The molecule has 8 heteroatoms. The molecule has 0 saturated heterocycles. The molecule has 0 bridgehead atoms. The molecule has 2 aromatic carbocycles. The van der Waals surface area contributed by atoms with E-state index in [0.29, 0.717) is 22.6 Å². The van der Waals surface area contributed by atoms with Crippen molar-refractivity contribution < 1.29 is 19.7 Å². The monoisotopic (exact) mass is 460 g/mol. The number of rotatable bonds is 6. The number of benzene rings is 2. The number of allylic oxidation sites excluding steroid dienone is 2. The SMILES string of the molecule is CC(C)(C)Oc1ccc(C=N/C(C#N)=C(/C#N)N=Cc2ccc(OC(C)(C)C)cc2O)c(O)c1. The number of phenolic OH excluding ortho intramolecular Hbond substituents is 2. The van der Waals surface area contributed by atoms with Gasteiger partial charge in [0.15, 0.2) is 11.4 Å². The zero-order chi connectivity index (χ0) is 25.5. The molecule has 0 fully saturated rings. The van der Waals surface area contributed by atoms with Gasteiger partial charge in [-0.15, -0.1) is 0 Å². The molecule has 0 heterocycles. The van der Waals surface area contributed by atoms with Crippen molar-refractivity contribution in [2.45, 2.75) is 52.7 Å². The van der Waals surface area contributed by atoms with Crippen LogP contribution < -0.4 is 9.47 Å². The molecule has 8 nitrogen and oxygen atoms in total. The molecule has 0 aliphatic carbocycles. The number of nitrogens with zero attached hydrogens (tertiary/aromatic N) is 4. The number of hydrogen-bond donors (Lipinski definition) is 2. The lowest BCUT2D eigenvalue weighted by Crippen LogP contribution is -2.22. The number of hydrogen-bond acceptors (Lipinski definition) is 8. The summed E-state index contributed by atoms with van der Waals surface area (Å²) in [5.41, 5.74) is -0.676. The molecule has 0 aromatic heterocycles. The van der Waals surface area contributed by atoms with E-state index in [1.54, 1.807) is 24.3 Å². The van der Waals surface area contributed by atoms with Crippen molar-refractivity contribution in [1.29, 1.82) is 10.5 Å². The fourth-order valence-electron chi connectivity index (χ4n) is 2.65. The Hall–Kier alpha value is -4.30. The summed E-state index contributed by atoms with van der Waals surface area (Å²) in [6.07, 6.45) is 2.52. The lowest BCUT2D eigenvalue weighted by Gasteiger charge is -2.21. The number of phenols is 2. The van der Waals surface area contributed by atoms with Crippen molar-refractivity contribution >= 4 is 12.4 Å². The van der Waals surface area contributed by atoms with E-state index >= 15 is 0 Å². The molecular formula is C26H28N4O4. The molecule has 0 amide bonds. The second-order valence-corrected chi connectivity index (χ2v) is 9.31. The van der Waals surface area contributed by atoms with Gasteiger partial charge in [-0.25, -0.2) is 9.98 Å². The van der Waals surface area contributed by atoms with E-state index in [4.69, 9.17) is 9.47 Å². The van der Waals surface area contributed by atoms with E-state index in [2.05, 4.69) is 9.98 Å². The van der Waals surface area contributed by atoms with Crippen LogP contribution in [0.15, 0.2) is 57.8 Å². The first-order chi connectivity index (χ1) is 15.8. The van der Waals surface area contributed by atoms with E-state index < -0.39 is 11.2 Å². The van der Waals surface area contributed by atoms with E-state index in [-0.39, 0.29) is 22.9 Å². The Labute approximate surface area is 199 Å². The third-order valence-electron chi connectivity index (χ3n) is 3.95. The highest BCUT2D eigenvalue weighted by atomic mass is 16.5. The maximum atomic E-state index is 10.2. The number of aliphatic imine (C=N–C) groups is 2. The molecule has 0 aliphatic rings. The Bertz CT molecular complexity index is 1120. The molecule has 0 saturated carbocycles. The van der Waals surface area contributed by atoms with Gasteiger partial charge in [-0.05, 0) is 65.8 Å². The van der Waals surface area contributed by atoms with Gasteiger partial charge in [0.05, 0.1) is 0 Å². The zero-order valence-electron chi connectivity index (χ0n) is 20.1. The normalized spacial score (nSPS) is 12.8. The zero-order valence-corrected chi connectivity index (χ0v) is 20.1. The summed E-state index contributed by atoms with van der Waals surface area (Å²) in [5, 5.41) is 39.4. The Balaban J connectivity index is 2.27. The summed E-state index contributed by atoms with van der Waals surface area (Å²) in [6.45, 7) is 11.3. The minimum atomic E-state index is -0.424. The minimum Gasteiger partial charge on any atom is -0.507 e. The van der Waals surface area contributed by atoms with Crippen molar-refractivity contribution in [3.8, 4) is 35.1 Å². The third kappa shape index (κ3) is 7.99. The molecule has 176 valence electrons. The maximum Gasteiger partial charge on any atom is 0.176 e. The van der Waals surface area contributed by atoms with Gasteiger partial charge < -0.3 is 19.7 Å². The summed E-state index contributed by atoms with van der Waals surface area (Å²) in [5.74, 6) is 0.790. The molecule has 0 radical (unpaired) electrons. The van der Waals surface area contributed by atoms with Crippen molar-refractivity contribution in [1.82, 2.24) is 0 Å². The number of aromatic hydroxyl groups is 2. The molecule has 2 aromatic rings. The average Bonchev–Trinajstić information content (AvgIpc) is 2.70. The number of nitriles is 2. The van der Waals surface area contributed by atoms with Gasteiger partial charge in [0, 0.05) is 35.7 Å². The van der Waals surface area contributed by atoms with Gasteiger partial charge in [-0.2, -0.15) is 10.5 Å². The first-order valence-electron chi connectivity index (χ1n) is 10.5. The molecule has 2 rings (SSSR count). The predicted octanol–water partition coefficient (Wildman–Crippen LogP) is 5.25. The molecule has 0 unspecified atom stereocenters. The van der Waals surface area contributed by atoms with Gasteiger partial charge in [0.2, 0.25) is 0 Å². The van der Waals surface area contributed by atoms with Crippen LogP contribution >= 0.6 is 0 Å². The van der Waals surface area contributed by atoms with Crippen LogP contribution in [-0.4, -0.2) is 33.8 Å². The fourth-order valence-corrected chi connectivity index (χ4v) is 2.65. The average molecular weight is 461 g/mol. The maximum absolute atomic E-state index is 10.2. The van der Waals surface area contributed by atoms with Crippen LogP contribution in [0.2, 0.25) is 0 Å². The molecule has 34 heavy (non-hydrogen) atoms. The topological polar surface area (TPSA) is 131 Å². The Morgan fingerprint density at radius 1 is 0.735 bits per heavy atom. The van der Waals surface area contributed by atoms with Crippen LogP contribution in [0.4, 0.5) is 0 Å². The molecule has 2 N–H and O–H groups in total. The van der Waals surface area contributed by atoms with Crippen LogP contribution in [-0.2, 0) is 0 Å². The van der Waals surface area contributed by atoms with Crippen molar-refractivity contribution in [3.05, 3.63) is 58.9 Å². The summed E-state index contributed by atoms with van der Waals surface area (Å²) in [4.78, 5) is 8.02.